The monoisotopic (exact) mass is 283 g/mol. The van der Waals surface area contributed by atoms with E-state index < -0.39 is 0 Å². The van der Waals surface area contributed by atoms with Gasteiger partial charge in [-0.3, -0.25) is 4.79 Å². The van der Waals surface area contributed by atoms with Gasteiger partial charge in [0.15, 0.2) is 0 Å². The van der Waals surface area contributed by atoms with Crippen LogP contribution in [0.25, 0.3) is 0 Å². The first-order valence-corrected chi connectivity index (χ1v) is 7.45. The summed E-state index contributed by atoms with van der Waals surface area (Å²) in [4.78, 5) is 13.3. The standard InChI is InChI=1S/C14H21NO3S/c1-12-2-4-13(5-3-12)10-19-11-14(18)15(6-8-16)7-9-17/h2-5,16-17H,6-11H2,1H3. The number of aryl methyl sites for hydroxylation is 1. The lowest BCUT2D eigenvalue weighted by atomic mass is 10.2. The first kappa shape index (κ1) is 16.0. The minimum Gasteiger partial charge on any atom is -0.395 e. The van der Waals surface area contributed by atoms with Gasteiger partial charge in [-0.2, -0.15) is 0 Å². The summed E-state index contributed by atoms with van der Waals surface area (Å²) in [5.41, 5.74) is 2.42. The third-order valence-electron chi connectivity index (χ3n) is 2.71. The van der Waals surface area contributed by atoms with Gasteiger partial charge in [-0.15, -0.1) is 11.8 Å². The lowest BCUT2D eigenvalue weighted by Crippen LogP contribution is -2.37. The van der Waals surface area contributed by atoms with E-state index in [1.165, 1.54) is 16.0 Å². The minimum absolute atomic E-state index is 0.0415. The number of carbonyl (C=O) groups excluding carboxylic acids is 1. The van der Waals surface area contributed by atoms with E-state index in [0.717, 1.165) is 5.75 Å². The molecular weight excluding hydrogens is 262 g/mol. The van der Waals surface area contributed by atoms with Crippen LogP contribution in [-0.4, -0.2) is 53.1 Å². The number of aliphatic hydroxyl groups excluding tert-OH is 2. The predicted octanol–water partition coefficient (Wildman–Crippen LogP) is 1.04. The highest BCUT2D eigenvalue weighted by molar-refractivity contribution is 7.99. The zero-order valence-electron chi connectivity index (χ0n) is 11.2. The molecule has 0 heterocycles. The van der Waals surface area contributed by atoms with Gasteiger partial charge in [0.2, 0.25) is 5.91 Å². The van der Waals surface area contributed by atoms with Crippen LogP contribution in [0.5, 0.6) is 0 Å². The molecule has 0 spiro atoms. The van der Waals surface area contributed by atoms with Gasteiger partial charge < -0.3 is 15.1 Å². The summed E-state index contributed by atoms with van der Waals surface area (Å²) in [6.07, 6.45) is 0. The molecule has 4 nitrogen and oxygen atoms in total. The normalized spacial score (nSPS) is 10.5. The number of nitrogens with zero attached hydrogens (tertiary/aromatic N) is 1. The van der Waals surface area contributed by atoms with Crippen LogP contribution < -0.4 is 0 Å². The molecule has 0 aromatic heterocycles. The van der Waals surface area contributed by atoms with Crippen LogP contribution in [0.1, 0.15) is 11.1 Å². The Bertz CT molecular complexity index is 375. The van der Waals surface area contributed by atoms with Crippen molar-refractivity contribution in [3.63, 3.8) is 0 Å². The van der Waals surface area contributed by atoms with Gasteiger partial charge in [0.25, 0.3) is 0 Å². The summed E-state index contributed by atoms with van der Waals surface area (Å²) in [7, 11) is 0. The second-order valence-corrected chi connectivity index (χ2v) is 5.29. The molecule has 5 heteroatoms. The van der Waals surface area contributed by atoms with Gasteiger partial charge in [0.1, 0.15) is 0 Å². The average molecular weight is 283 g/mol. The Labute approximate surface area is 118 Å². The van der Waals surface area contributed by atoms with Crippen molar-refractivity contribution in [1.82, 2.24) is 4.90 Å². The highest BCUT2D eigenvalue weighted by Crippen LogP contribution is 2.13. The van der Waals surface area contributed by atoms with E-state index in [4.69, 9.17) is 10.2 Å². The molecule has 0 saturated carbocycles. The van der Waals surface area contributed by atoms with E-state index in [1.54, 1.807) is 11.8 Å². The second-order valence-electron chi connectivity index (χ2n) is 4.31. The van der Waals surface area contributed by atoms with E-state index in [2.05, 4.69) is 24.3 Å². The zero-order valence-corrected chi connectivity index (χ0v) is 12.0. The van der Waals surface area contributed by atoms with E-state index in [0.29, 0.717) is 5.75 Å². The topological polar surface area (TPSA) is 60.8 Å². The van der Waals surface area contributed by atoms with Crippen LogP contribution in [0.2, 0.25) is 0 Å². The molecule has 1 amide bonds. The maximum atomic E-state index is 11.9. The molecule has 0 fully saturated rings. The van der Waals surface area contributed by atoms with E-state index in [9.17, 15) is 4.79 Å². The van der Waals surface area contributed by atoms with Crippen LogP contribution in [0.15, 0.2) is 24.3 Å². The first-order chi connectivity index (χ1) is 9.17. The lowest BCUT2D eigenvalue weighted by Gasteiger charge is -2.20. The fraction of sp³-hybridized carbons (Fsp3) is 0.500. The maximum Gasteiger partial charge on any atom is 0.232 e. The van der Waals surface area contributed by atoms with E-state index in [1.807, 2.05) is 6.92 Å². The predicted molar refractivity (Wildman–Crippen MR) is 78.1 cm³/mol. The summed E-state index contributed by atoms with van der Waals surface area (Å²) in [5.74, 6) is 1.12. The SMILES string of the molecule is Cc1ccc(CSCC(=O)N(CCO)CCO)cc1. The molecule has 0 radical (unpaired) electrons. The van der Waals surface area contributed by atoms with Crippen LogP contribution >= 0.6 is 11.8 Å². The molecule has 2 N–H and O–H groups in total. The molecule has 0 aliphatic rings. The van der Waals surface area contributed by atoms with E-state index in [-0.39, 0.29) is 32.2 Å². The largest absolute Gasteiger partial charge is 0.395 e. The molecule has 1 rings (SSSR count). The van der Waals surface area contributed by atoms with Gasteiger partial charge in [-0.25, -0.2) is 0 Å². The highest BCUT2D eigenvalue weighted by atomic mass is 32.2. The zero-order chi connectivity index (χ0) is 14.1. The van der Waals surface area contributed by atoms with Gasteiger partial charge in [0.05, 0.1) is 19.0 Å². The third-order valence-corrected chi connectivity index (χ3v) is 3.70. The quantitative estimate of drug-likeness (QED) is 0.748. The Kier molecular flexibility index (Phi) is 7.55. The number of rotatable bonds is 8. The summed E-state index contributed by atoms with van der Waals surface area (Å²) < 4.78 is 0. The molecule has 1 aromatic carbocycles. The van der Waals surface area contributed by atoms with Gasteiger partial charge >= 0.3 is 0 Å². The van der Waals surface area contributed by atoms with Crippen molar-refractivity contribution >= 4 is 17.7 Å². The molecule has 0 unspecified atom stereocenters. The molecule has 106 valence electrons. The molecule has 0 saturated heterocycles. The molecule has 1 aromatic rings. The molecule has 19 heavy (non-hydrogen) atoms. The third kappa shape index (κ3) is 6.09. The van der Waals surface area contributed by atoms with E-state index >= 15 is 0 Å². The average Bonchev–Trinajstić information content (AvgIpc) is 2.40. The smallest absolute Gasteiger partial charge is 0.232 e. The summed E-state index contributed by atoms with van der Waals surface area (Å²) in [6, 6.07) is 8.24. The van der Waals surface area contributed by atoms with Crippen LogP contribution in [0.4, 0.5) is 0 Å². The number of thioether (sulfide) groups is 1. The van der Waals surface area contributed by atoms with Crippen molar-refractivity contribution < 1.29 is 15.0 Å². The molecule has 0 bridgehead atoms. The molecule has 0 atom stereocenters. The lowest BCUT2D eigenvalue weighted by molar-refractivity contribution is -0.129. The van der Waals surface area contributed by atoms with Crippen LogP contribution in [-0.2, 0) is 10.5 Å². The number of benzene rings is 1. The number of aliphatic hydroxyl groups is 2. The van der Waals surface area contributed by atoms with Gasteiger partial charge in [-0.1, -0.05) is 29.8 Å². The Balaban J connectivity index is 2.34. The number of hydrogen-bond donors (Lipinski definition) is 2. The summed E-state index contributed by atoms with van der Waals surface area (Å²) in [6.45, 7) is 2.46. The summed E-state index contributed by atoms with van der Waals surface area (Å²) in [5, 5.41) is 17.7. The minimum atomic E-state index is -0.0750. The van der Waals surface area contributed by atoms with Crippen LogP contribution in [0.3, 0.4) is 0 Å². The Morgan fingerprint density at radius 1 is 1.16 bits per heavy atom. The van der Waals surface area contributed by atoms with Gasteiger partial charge in [0, 0.05) is 18.8 Å². The van der Waals surface area contributed by atoms with Crippen molar-refractivity contribution in [2.24, 2.45) is 0 Å². The van der Waals surface area contributed by atoms with Crippen molar-refractivity contribution in [3.8, 4) is 0 Å². The van der Waals surface area contributed by atoms with Crippen molar-refractivity contribution in [2.75, 3.05) is 32.1 Å². The first-order valence-electron chi connectivity index (χ1n) is 6.30. The highest BCUT2D eigenvalue weighted by Gasteiger charge is 2.12. The van der Waals surface area contributed by atoms with Gasteiger partial charge in [-0.05, 0) is 12.5 Å². The number of amides is 1. The van der Waals surface area contributed by atoms with Crippen molar-refractivity contribution in [2.45, 2.75) is 12.7 Å². The van der Waals surface area contributed by atoms with Crippen molar-refractivity contribution in [1.29, 1.82) is 0 Å². The molecule has 0 aliphatic heterocycles. The number of carbonyl (C=O) groups is 1. The molecule has 0 aliphatic carbocycles. The Hall–Kier alpha value is -1.04. The second kappa shape index (κ2) is 8.96. The fourth-order valence-corrected chi connectivity index (χ4v) is 2.52. The Morgan fingerprint density at radius 2 is 1.74 bits per heavy atom. The number of hydrogen-bond acceptors (Lipinski definition) is 4. The Morgan fingerprint density at radius 3 is 2.26 bits per heavy atom. The summed E-state index contributed by atoms with van der Waals surface area (Å²) >= 11 is 1.55. The fourth-order valence-electron chi connectivity index (χ4n) is 1.63. The van der Waals surface area contributed by atoms with Crippen LogP contribution in [0, 0.1) is 6.92 Å². The maximum absolute atomic E-state index is 11.9. The van der Waals surface area contributed by atoms with Crippen molar-refractivity contribution in [3.05, 3.63) is 35.4 Å². The molecular formula is C14H21NO3S.